The van der Waals surface area contributed by atoms with Crippen LogP contribution >= 0.6 is 0 Å². The van der Waals surface area contributed by atoms with Crippen LogP contribution in [0.3, 0.4) is 0 Å². The van der Waals surface area contributed by atoms with Crippen molar-refractivity contribution in [2.24, 2.45) is 5.92 Å². The van der Waals surface area contributed by atoms with Crippen molar-refractivity contribution in [3.05, 3.63) is 0 Å². The molecule has 2 N–H and O–H groups in total. The van der Waals surface area contributed by atoms with Crippen molar-refractivity contribution in [2.75, 3.05) is 19.6 Å². The average Bonchev–Trinajstić information content (AvgIpc) is 2.36. The standard InChI is InChI=1S/C16H30N2O4/c1-12(2)6-9-17-16(13(19)20)7-10-18(11-8-16)14(21)22-15(3,4)5/h12,17H,6-11H2,1-5H3,(H,19,20). The molecule has 6 nitrogen and oxygen atoms in total. The van der Waals surface area contributed by atoms with Gasteiger partial charge in [0.15, 0.2) is 0 Å². The van der Waals surface area contributed by atoms with Crippen LogP contribution in [0, 0.1) is 5.92 Å². The zero-order valence-corrected chi connectivity index (χ0v) is 14.4. The molecule has 0 aromatic heterocycles. The number of carboxylic acid groups (broad SMARTS) is 1. The van der Waals surface area contributed by atoms with Gasteiger partial charge < -0.3 is 20.1 Å². The van der Waals surface area contributed by atoms with E-state index in [4.69, 9.17) is 4.74 Å². The lowest BCUT2D eigenvalue weighted by atomic mass is 9.87. The minimum Gasteiger partial charge on any atom is -0.480 e. The number of carboxylic acids is 1. The van der Waals surface area contributed by atoms with Crippen LogP contribution in [0.15, 0.2) is 0 Å². The molecule has 0 aromatic rings. The van der Waals surface area contributed by atoms with Gasteiger partial charge in [-0.05, 0) is 52.5 Å². The maximum Gasteiger partial charge on any atom is 0.410 e. The Labute approximate surface area is 133 Å². The van der Waals surface area contributed by atoms with E-state index in [1.54, 1.807) is 4.90 Å². The molecule has 0 spiro atoms. The predicted molar refractivity (Wildman–Crippen MR) is 84.9 cm³/mol. The van der Waals surface area contributed by atoms with Crippen LogP contribution in [0.5, 0.6) is 0 Å². The van der Waals surface area contributed by atoms with Crippen molar-refractivity contribution in [1.82, 2.24) is 10.2 Å². The van der Waals surface area contributed by atoms with Gasteiger partial charge >= 0.3 is 12.1 Å². The van der Waals surface area contributed by atoms with Gasteiger partial charge in [-0.3, -0.25) is 4.79 Å². The van der Waals surface area contributed by atoms with Gasteiger partial charge in [0.1, 0.15) is 11.1 Å². The third-order valence-corrected chi connectivity index (χ3v) is 3.86. The molecule has 1 amide bonds. The number of likely N-dealkylation sites (tertiary alicyclic amines) is 1. The second kappa shape index (κ2) is 7.31. The molecular formula is C16H30N2O4. The van der Waals surface area contributed by atoms with Crippen molar-refractivity contribution in [2.45, 2.75) is 65.0 Å². The van der Waals surface area contributed by atoms with Crippen LogP contribution in [0.4, 0.5) is 4.79 Å². The van der Waals surface area contributed by atoms with Gasteiger partial charge in [-0.25, -0.2) is 4.79 Å². The largest absolute Gasteiger partial charge is 0.480 e. The first-order valence-corrected chi connectivity index (χ1v) is 8.02. The molecule has 0 atom stereocenters. The summed E-state index contributed by atoms with van der Waals surface area (Å²) in [5.41, 5.74) is -1.46. The van der Waals surface area contributed by atoms with E-state index in [1.165, 1.54) is 0 Å². The molecule has 0 bridgehead atoms. The number of carbonyl (C=O) groups is 2. The molecule has 0 radical (unpaired) electrons. The number of nitrogens with one attached hydrogen (secondary N) is 1. The SMILES string of the molecule is CC(C)CCNC1(C(=O)O)CCN(C(=O)OC(C)(C)C)CC1. The van der Waals surface area contributed by atoms with Crippen molar-refractivity contribution >= 4 is 12.1 Å². The monoisotopic (exact) mass is 314 g/mol. The van der Waals surface area contributed by atoms with Crippen LogP contribution < -0.4 is 5.32 Å². The summed E-state index contributed by atoms with van der Waals surface area (Å²) in [5.74, 6) is -0.305. The molecule has 1 heterocycles. The zero-order chi connectivity index (χ0) is 17.0. The summed E-state index contributed by atoms with van der Waals surface area (Å²) in [6.45, 7) is 11.2. The summed E-state index contributed by atoms with van der Waals surface area (Å²) in [4.78, 5) is 25.3. The van der Waals surface area contributed by atoms with Gasteiger partial charge in [0.2, 0.25) is 0 Å². The molecule has 22 heavy (non-hydrogen) atoms. The second-order valence-corrected chi connectivity index (χ2v) is 7.46. The number of hydrogen-bond acceptors (Lipinski definition) is 4. The van der Waals surface area contributed by atoms with Gasteiger partial charge in [0, 0.05) is 13.1 Å². The van der Waals surface area contributed by atoms with Gasteiger partial charge in [-0.1, -0.05) is 13.8 Å². The molecule has 1 aliphatic rings. The molecule has 0 aromatic carbocycles. The zero-order valence-electron chi connectivity index (χ0n) is 14.4. The summed E-state index contributed by atoms with van der Waals surface area (Å²) in [6, 6.07) is 0. The van der Waals surface area contributed by atoms with E-state index in [2.05, 4.69) is 19.2 Å². The van der Waals surface area contributed by atoms with E-state index in [0.717, 1.165) is 6.42 Å². The molecule has 128 valence electrons. The number of aliphatic carboxylic acids is 1. The summed E-state index contributed by atoms with van der Waals surface area (Å²) in [5, 5.41) is 12.8. The molecule has 0 aliphatic carbocycles. The third kappa shape index (κ3) is 5.48. The van der Waals surface area contributed by atoms with Crippen LogP contribution in [0.1, 0.15) is 53.9 Å². The quantitative estimate of drug-likeness (QED) is 0.815. The van der Waals surface area contributed by atoms with Crippen molar-refractivity contribution < 1.29 is 19.4 Å². The maximum absolute atomic E-state index is 12.0. The van der Waals surface area contributed by atoms with E-state index in [9.17, 15) is 14.7 Å². The molecule has 6 heteroatoms. The Morgan fingerprint density at radius 3 is 2.23 bits per heavy atom. The van der Waals surface area contributed by atoms with E-state index in [0.29, 0.717) is 38.4 Å². The number of ether oxygens (including phenoxy) is 1. The smallest absolute Gasteiger partial charge is 0.410 e. The number of rotatable bonds is 5. The highest BCUT2D eigenvalue weighted by atomic mass is 16.6. The van der Waals surface area contributed by atoms with Gasteiger partial charge in [-0.2, -0.15) is 0 Å². The fourth-order valence-corrected chi connectivity index (χ4v) is 2.46. The minimum absolute atomic E-state index is 0.367. The van der Waals surface area contributed by atoms with Crippen LogP contribution in [-0.2, 0) is 9.53 Å². The van der Waals surface area contributed by atoms with Crippen molar-refractivity contribution in [1.29, 1.82) is 0 Å². The normalized spacial score (nSPS) is 18.4. The molecule has 0 saturated carbocycles. The third-order valence-electron chi connectivity index (χ3n) is 3.86. The Kier molecular flexibility index (Phi) is 6.23. The Morgan fingerprint density at radius 1 is 1.27 bits per heavy atom. The van der Waals surface area contributed by atoms with E-state index < -0.39 is 17.1 Å². The molecule has 1 rings (SSSR count). The fourth-order valence-electron chi connectivity index (χ4n) is 2.46. The highest BCUT2D eigenvalue weighted by Gasteiger charge is 2.42. The highest BCUT2D eigenvalue weighted by Crippen LogP contribution is 2.24. The number of amides is 1. The van der Waals surface area contributed by atoms with Crippen molar-refractivity contribution in [3.63, 3.8) is 0 Å². The number of piperidine rings is 1. The fraction of sp³-hybridized carbons (Fsp3) is 0.875. The van der Waals surface area contributed by atoms with Gasteiger partial charge in [0.05, 0.1) is 0 Å². The predicted octanol–water partition coefficient (Wildman–Crippen LogP) is 2.48. The number of hydrogen-bond donors (Lipinski definition) is 2. The van der Waals surface area contributed by atoms with Crippen molar-refractivity contribution in [3.8, 4) is 0 Å². The van der Waals surface area contributed by atoms with E-state index in [-0.39, 0.29) is 6.09 Å². The summed E-state index contributed by atoms with van der Waals surface area (Å²) in [6.07, 6.45) is 1.37. The second-order valence-electron chi connectivity index (χ2n) is 7.46. The maximum atomic E-state index is 12.0. The lowest BCUT2D eigenvalue weighted by Crippen LogP contribution is -2.59. The Balaban J connectivity index is 2.58. The van der Waals surface area contributed by atoms with Gasteiger partial charge in [-0.15, -0.1) is 0 Å². The topological polar surface area (TPSA) is 78.9 Å². The summed E-state index contributed by atoms with van der Waals surface area (Å²) in [7, 11) is 0. The first kappa shape index (κ1) is 18.7. The van der Waals surface area contributed by atoms with Crippen LogP contribution in [0.2, 0.25) is 0 Å². The molecule has 1 aliphatic heterocycles. The van der Waals surface area contributed by atoms with E-state index >= 15 is 0 Å². The Hall–Kier alpha value is -1.30. The molecule has 0 unspecified atom stereocenters. The summed E-state index contributed by atoms with van der Waals surface area (Å²) < 4.78 is 5.34. The number of carbonyl (C=O) groups excluding carboxylic acids is 1. The number of nitrogens with zero attached hydrogens (tertiary/aromatic N) is 1. The highest BCUT2D eigenvalue weighted by molar-refractivity contribution is 5.79. The van der Waals surface area contributed by atoms with Crippen LogP contribution in [-0.4, -0.2) is 52.8 Å². The molecule has 1 fully saturated rings. The minimum atomic E-state index is -0.923. The van der Waals surface area contributed by atoms with Crippen LogP contribution in [0.25, 0.3) is 0 Å². The average molecular weight is 314 g/mol. The summed E-state index contributed by atoms with van der Waals surface area (Å²) >= 11 is 0. The van der Waals surface area contributed by atoms with E-state index in [1.807, 2.05) is 20.8 Å². The first-order chi connectivity index (χ1) is 10.1. The lowest BCUT2D eigenvalue weighted by Gasteiger charge is -2.39. The Bertz CT molecular complexity index is 393. The Morgan fingerprint density at radius 2 is 1.82 bits per heavy atom. The van der Waals surface area contributed by atoms with Gasteiger partial charge in [0.25, 0.3) is 0 Å². The molecule has 1 saturated heterocycles. The first-order valence-electron chi connectivity index (χ1n) is 8.02. The lowest BCUT2D eigenvalue weighted by molar-refractivity contribution is -0.147. The molecular weight excluding hydrogens is 284 g/mol.